The van der Waals surface area contributed by atoms with Gasteiger partial charge in [-0.25, -0.2) is 0 Å². The number of benzene rings is 1. The van der Waals surface area contributed by atoms with Gasteiger partial charge in [0.05, 0.1) is 0 Å². The zero-order valence-electron chi connectivity index (χ0n) is 11.4. The molecular weight excluding hydrogens is 314 g/mol. The second kappa shape index (κ2) is 6.80. The highest BCUT2D eigenvalue weighted by Crippen LogP contribution is 2.22. The first-order chi connectivity index (χ1) is 9.33. The van der Waals surface area contributed by atoms with Crippen molar-refractivity contribution in [3.05, 3.63) is 65.5 Å². The highest BCUT2D eigenvalue weighted by atomic mass is 79.9. The molecule has 1 heterocycles. The van der Waals surface area contributed by atoms with Crippen molar-refractivity contribution in [3.63, 3.8) is 0 Å². The molecule has 0 fully saturated rings. The van der Waals surface area contributed by atoms with E-state index >= 15 is 0 Å². The van der Waals surface area contributed by atoms with Crippen molar-refractivity contribution in [2.75, 3.05) is 0 Å². The van der Waals surface area contributed by atoms with E-state index in [2.05, 4.69) is 12.1 Å². The third-order valence-corrected chi connectivity index (χ3v) is 3.77. The quantitative estimate of drug-likeness (QED) is 0.561. The lowest BCUT2D eigenvalue weighted by Gasteiger charge is -2.15. The molecule has 104 valence electrons. The van der Waals surface area contributed by atoms with Crippen molar-refractivity contribution < 1.29 is 26.3 Å². The summed E-state index contributed by atoms with van der Waals surface area (Å²) in [5.41, 5.74) is 3.64. The van der Waals surface area contributed by atoms with Crippen LogP contribution < -0.4 is 21.5 Å². The molecule has 0 amide bonds. The Hall–Kier alpha value is -1.48. The van der Waals surface area contributed by atoms with Crippen molar-refractivity contribution >= 4 is 5.78 Å². The first kappa shape index (κ1) is 14.9. The van der Waals surface area contributed by atoms with Crippen molar-refractivity contribution in [2.45, 2.75) is 32.2 Å². The van der Waals surface area contributed by atoms with Gasteiger partial charge in [-0.1, -0.05) is 18.2 Å². The molecule has 0 aliphatic heterocycles. The van der Waals surface area contributed by atoms with E-state index in [-0.39, 0.29) is 22.8 Å². The molecule has 2 aromatic rings. The first-order valence-electron chi connectivity index (χ1n) is 6.92. The number of nitrogens with zero attached hydrogens (tertiary/aromatic N) is 1. The number of carbonyl (C=O) groups excluding carboxylic acids is 1. The van der Waals surface area contributed by atoms with Gasteiger partial charge >= 0.3 is 0 Å². The molecule has 1 aromatic carbocycles. The van der Waals surface area contributed by atoms with E-state index < -0.39 is 0 Å². The summed E-state index contributed by atoms with van der Waals surface area (Å²) >= 11 is 0. The lowest BCUT2D eigenvalue weighted by atomic mass is 9.90. The van der Waals surface area contributed by atoms with E-state index in [9.17, 15) is 4.79 Å². The zero-order chi connectivity index (χ0) is 13.1. The topological polar surface area (TPSA) is 20.9 Å². The average molecular weight is 332 g/mol. The molecule has 0 unspecified atom stereocenters. The molecule has 0 N–H and O–H groups in total. The molecule has 0 saturated heterocycles. The van der Waals surface area contributed by atoms with E-state index in [4.69, 9.17) is 0 Å². The number of rotatable bonds is 3. The molecule has 0 radical (unpaired) electrons. The molecule has 2 nitrogen and oxygen atoms in total. The van der Waals surface area contributed by atoms with Crippen LogP contribution in [-0.2, 0) is 19.4 Å². The summed E-state index contributed by atoms with van der Waals surface area (Å²) in [6.07, 6.45) is 8.66. The third kappa shape index (κ3) is 3.34. The Morgan fingerprint density at radius 1 is 1.00 bits per heavy atom. The second-order valence-corrected chi connectivity index (χ2v) is 5.16. The number of hydrogen-bond acceptors (Lipinski definition) is 1. The summed E-state index contributed by atoms with van der Waals surface area (Å²) < 4.78 is 1.92. The van der Waals surface area contributed by atoms with Crippen LogP contribution >= 0.6 is 0 Å². The SMILES string of the molecule is O=C(C[n+]1ccccc1)c1ccc2c(c1)CCCC2.[Br-]. The van der Waals surface area contributed by atoms with Crippen LogP contribution in [0.3, 0.4) is 0 Å². The predicted octanol–water partition coefficient (Wildman–Crippen LogP) is -0.260. The van der Waals surface area contributed by atoms with Gasteiger partial charge in [-0.2, -0.15) is 4.57 Å². The van der Waals surface area contributed by atoms with E-state index in [1.165, 1.54) is 24.0 Å². The Morgan fingerprint density at radius 2 is 1.70 bits per heavy atom. The summed E-state index contributed by atoms with van der Waals surface area (Å²) in [4.78, 5) is 12.3. The van der Waals surface area contributed by atoms with Gasteiger partial charge in [0.25, 0.3) is 0 Å². The maximum atomic E-state index is 12.3. The average Bonchev–Trinajstić information content (AvgIpc) is 2.48. The summed E-state index contributed by atoms with van der Waals surface area (Å²) in [6, 6.07) is 12.1. The summed E-state index contributed by atoms with van der Waals surface area (Å²) in [5.74, 6) is 0.185. The maximum absolute atomic E-state index is 12.3. The Morgan fingerprint density at radius 3 is 2.45 bits per heavy atom. The van der Waals surface area contributed by atoms with Crippen LogP contribution in [-0.4, -0.2) is 5.78 Å². The second-order valence-electron chi connectivity index (χ2n) is 5.16. The molecule has 0 spiro atoms. The van der Waals surface area contributed by atoms with E-state index in [1.807, 2.05) is 41.2 Å². The number of halogens is 1. The first-order valence-corrected chi connectivity index (χ1v) is 6.92. The zero-order valence-corrected chi connectivity index (χ0v) is 13.0. The molecule has 3 heteroatoms. The van der Waals surface area contributed by atoms with Crippen LogP contribution in [0.4, 0.5) is 0 Å². The van der Waals surface area contributed by atoms with Crippen molar-refractivity contribution in [2.24, 2.45) is 0 Å². The number of carbonyl (C=O) groups is 1. The van der Waals surface area contributed by atoms with Gasteiger partial charge < -0.3 is 17.0 Å². The molecule has 0 saturated carbocycles. The normalized spacial score (nSPS) is 13.2. The number of ketones is 1. The predicted molar refractivity (Wildman–Crippen MR) is 74.1 cm³/mol. The minimum Gasteiger partial charge on any atom is -1.00 e. The molecule has 20 heavy (non-hydrogen) atoms. The standard InChI is InChI=1S/C17H18NO.BrH/c19-17(13-18-10-4-1-5-11-18)16-9-8-14-6-2-3-7-15(14)12-16;/h1,4-5,8-12H,2-3,6-7,13H2;1H/q+1;/p-1. The largest absolute Gasteiger partial charge is 1.00 e. The molecule has 1 aliphatic rings. The smallest absolute Gasteiger partial charge is 0.227 e. The summed E-state index contributed by atoms with van der Waals surface area (Å²) in [6.45, 7) is 0.416. The van der Waals surface area contributed by atoms with Gasteiger partial charge in [0.15, 0.2) is 12.4 Å². The van der Waals surface area contributed by atoms with Gasteiger partial charge in [-0.05, 0) is 42.9 Å². The van der Waals surface area contributed by atoms with E-state index in [1.54, 1.807) is 0 Å². The van der Waals surface area contributed by atoms with Gasteiger partial charge in [0.2, 0.25) is 12.3 Å². The number of fused-ring (bicyclic) bond motifs is 1. The lowest BCUT2D eigenvalue weighted by Crippen LogP contribution is -3.00. The Bertz CT molecular complexity index is 595. The number of aryl methyl sites for hydroxylation is 2. The Kier molecular flexibility index (Phi) is 5.07. The number of aromatic nitrogens is 1. The number of Topliss-reactive ketones (excluding diaryl/α,β-unsaturated/α-hetero) is 1. The maximum Gasteiger partial charge on any atom is 0.227 e. The molecule has 1 aliphatic carbocycles. The minimum absolute atomic E-state index is 0. The van der Waals surface area contributed by atoms with Crippen molar-refractivity contribution in [1.29, 1.82) is 0 Å². The third-order valence-electron chi connectivity index (χ3n) is 3.77. The number of hydrogen-bond donors (Lipinski definition) is 0. The van der Waals surface area contributed by atoms with E-state index in [0.29, 0.717) is 6.54 Å². The summed E-state index contributed by atoms with van der Waals surface area (Å²) in [5, 5.41) is 0. The lowest BCUT2D eigenvalue weighted by molar-refractivity contribution is -0.683. The fourth-order valence-electron chi connectivity index (χ4n) is 2.70. The van der Waals surface area contributed by atoms with Crippen LogP contribution in [0.1, 0.15) is 34.3 Å². The molecule has 0 bridgehead atoms. The van der Waals surface area contributed by atoms with Crippen LogP contribution in [0.5, 0.6) is 0 Å². The van der Waals surface area contributed by atoms with Gasteiger partial charge in [0, 0.05) is 17.7 Å². The fraction of sp³-hybridized carbons (Fsp3) is 0.294. The Labute approximate surface area is 130 Å². The minimum atomic E-state index is 0. The highest BCUT2D eigenvalue weighted by Gasteiger charge is 2.15. The number of pyridine rings is 1. The van der Waals surface area contributed by atoms with Gasteiger partial charge in [0.1, 0.15) is 0 Å². The Balaban J connectivity index is 0.00000147. The molecule has 0 atom stereocenters. The van der Waals surface area contributed by atoms with Crippen LogP contribution in [0.25, 0.3) is 0 Å². The fourth-order valence-corrected chi connectivity index (χ4v) is 2.70. The molecule has 3 rings (SSSR count). The van der Waals surface area contributed by atoms with Crippen LogP contribution in [0, 0.1) is 0 Å². The van der Waals surface area contributed by atoms with Crippen LogP contribution in [0.15, 0.2) is 48.8 Å². The van der Waals surface area contributed by atoms with Crippen molar-refractivity contribution in [3.8, 4) is 0 Å². The van der Waals surface area contributed by atoms with Crippen molar-refractivity contribution in [1.82, 2.24) is 0 Å². The molecule has 1 aromatic heterocycles. The monoisotopic (exact) mass is 331 g/mol. The van der Waals surface area contributed by atoms with E-state index in [0.717, 1.165) is 18.4 Å². The summed E-state index contributed by atoms with van der Waals surface area (Å²) in [7, 11) is 0. The van der Waals surface area contributed by atoms with Crippen LogP contribution in [0.2, 0.25) is 0 Å². The highest BCUT2D eigenvalue weighted by molar-refractivity contribution is 5.95. The van der Waals surface area contributed by atoms with Gasteiger partial charge in [-0.15, -0.1) is 0 Å². The van der Waals surface area contributed by atoms with Gasteiger partial charge in [-0.3, -0.25) is 4.79 Å². The molecular formula is C17H18BrNO.